The first kappa shape index (κ1) is 78.5. The molecule has 0 aliphatic heterocycles. The van der Waals surface area contributed by atoms with Gasteiger partial charge in [0.1, 0.15) is 13.2 Å². The molecule has 0 saturated carbocycles. The van der Waals surface area contributed by atoms with Crippen LogP contribution < -0.4 is 0 Å². The second kappa shape index (κ2) is 70.0. The van der Waals surface area contributed by atoms with Gasteiger partial charge in [-0.2, -0.15) is 0 Å². The fourth-order valence-electron chi connectivity index (χ4n) is 9.54. The van der Waals surface area contributed by atoms with E-state index in [0.29, 0.717) is 19.3 Å². The predicted octanol–water partition coefficient (Wildman–Crippen LogP) is 24.1. The molecule has 0 heterocycles. The van der Waals surface area contributed by atoms with E-state index in [9.17, 15) is 14.4 Å². The third-order valence-electron chi connectivity index (χ3n) is 14.7. The Bertz CT molecular complexity index is 1750. The van der Waals surface area contributed by atoms with Crippen molar-refractivity contribution in [2.75, 3.05) is 13.2 Å². The molecule has 0 aliphatic carbocycles. The number of esters is 3. The van der Waals surface area contributed by atoms with Gasteiger partial charge in [-0.15, -0.1) is 0 Å². The third-order valence-corrected chi connectivity index (χ3v) is 14.7. The molecule has 472 valence electrons. The minimum atomic E-state index is -0.813. The van der Waals surface area contributed by atoms with Crippen molar-refractivity contribution in [3.8, 4) is 0 Å². The van der Waals surface area contributed by atoms with Crippen LogP contribution in [0.1, 0.15) is 316 Å². The average Bonchev–Trinajstić information content (AvgIpc) is 3.49. The first-order chi connectivity index (χ1) is 41.0. The van der Waals surface area contributed by atoms with Crippen LogP contribution in [0, 0.1) is 0 Å². The number of ether oxygens (including phenoxy) is 3. The molecule has 0 aromatic carbocycles. The van der Waals surface area contributed by atoms with E-state index in [1.54, 1.807) is 0 Å². The standard InChI is InChI=1S/C77H128O6/c1-4-7-10-13-16-19-22-25-28-31-34-36-38-40-43-46-49-52-55-58-61-64-67-70-76(79)82-73-74(72-81-75(78)69-66-63-60-57-54-51-48-45-42-33-30-27-24-21-18-15-12-9-6-3)83-77(80)71-68-65-62-59-56-53-50-47-44-41-39-37-35-32-29-26-23-20-17-14-11-8-5-2/h7,9-10,12,16,18-19,21,25,27-28,30,34,36,40,42-43,45,49,52,58,61,74H,4-6,8,11,13-15,17,20,22-24,26,29,31-33,35,37-39,41,44,46-48,50-51,53-57,59-60,62-73H2,1-3H3/b10-7-,12-9-,19-16-,21-18-,28-25-,30-27-,36-34-,43-40-,45-42-,52-49-,61-58-. The summed E-state index contributed by atoms with van der Waals surface area (Å²) in [6.45, 7) is 6.39. The lowest BCUT2D eigenvalue weighted by Gasteiger charge is -2.18. The summed E-state index contributed by atoms with van der Waals surface area (Å²) in [6.07, 6.45) is 99.0. The van der Waals surface area contributed by atoms with Crippen molar-refractivity contribution in [3.63, 3.8) is 0 Å². The molecule has 0 saturated heterocycles. The Morgan fingerprint density at radius 1 is 0.253 bits per heavy atom. The lowest BCUT2D eigenvalue weighted by Crippen LogP contribution is -2.30. The van der Waals surface area contributed by atoms with Crippen molar-refractivity contribution >= 4 is 17.9 Å². The van der Waals surface area contributed by atoms with E-state index in [4.69, 9.17) is 14.2 Å². The van der Waals surface area contributed by atoms with E-state index in [1.165, 1.54) is 141 Å². The fourth-order valence-corrected chi connectivity index (χ4v) is 9.54. The van der Waals surface area contributed by atoms with Crippen molar-refractivity contribution in [1.82, 2.24) is 0 Å². The number of carbonyl (C=O) groups is 3. The molecule has 0 N–H and O–H groups in total. The van der Waals surface area contributed by atoms with Gasteiger partial charge in [-0.05, 0) is 109 Å². The van der Waals surface area contributed by atoms with Gasteiger partial charge in [0.05, 0.1) is 0 Å². The van der Waals surface area contributed by atoms with Crippen LogP contribution in [0.3, 0.4) is 0 Å². The fraction of sp³-hybridized carbons (Fsp3) is 0.675. The first-order valence-corrected chi connectivity index (χ1v) is 34.7. The first-order valence-electron chi connectivity index (χ1n) is 34.7. The zero-order valence-corrected chi connectivity index (χ0v) is 54.2. The molecule has 0 aromatic rings. The molecular weight excluding hydrogens is 1020 g/mol. The van der Waals surface area contributed by atoms with Crippen LogP contribution in [0.4, 0.5) is 0 Å². The van der Waals surface area contributed by atoms with E-state index in [-0.39, 0.29) is 37.5 Å². The SMILES string of the molecule is CC/C=C\C/C=C\C/C=C\C/C=C\C/C=C\C/C=C\C/C=C\CCCC(=O)OCC(COC(=O)CCCCCCCC/C=C\C/C=C\C/C=C\C/C=C\CC)OC(=O)CCCCCCCCCCCCCCCCCCCCCCCCC. The maximum absolute atomic E-state index is 13.0. The molecule has 0 rings (SSSR count). The Balaban J connectivity index is 4.49. The van der Waals surface area contributed by atoms with Crippen molar-refractivity contribution in [2.45, 2.75) is 322 Å². The van der Waals surface area contributed by atoms with Gasteiger partial charge >= 0.3 is 17.9 Å². The van der Waals surface area contributed by atoms with E-state index in [1.807, 2.05) is 0 Å². The highest BCUT2D eigenvalue weighted by molar-refractivity contribution is 5.71. The molecule has 0 fully saturated rings. The molecule has 0 amide bonds. The number of unbranched alkanes of at least 4 members (excludes halogenated alkanes) is 29. The zero-order valence-electron chi connectivity index (χ0n) is 54.2. The highest BCUT2D eigenvalue weighted by atomic mass is 16.6. The highest BCUT2D eigenvalue weighted by Gasteiger charge is 2.19. The molecule has 6 heteroatoms. The lowest BCUT2D eigenvalue weighted by atomic mass is 10.0. The Hall–Kier alpha value is -4.45. The van der Waals surface area contributed by atoms with Crippen LogP contribution in [0.2, 0.25) is 0 Å². The molecule has 6 nitrogen and oxygen atoms in total. The molecule has 0 radical (unpaired) electrons. The van der Waals surface area contributed by atoms with Crippen LogP contribution in [0.25, 0.3) is 0 Å². The zero-order chi connectivity index (χ0) is 59.9. The third kappa shape index (κ3) is 68.2. The van der Waals surface area contributed by atoms with Crippen LogP contribution in [0.5, 0.6) is 0 Å². The summed E-state index contributed by atoms with van der Waals surface area (Å²) in [6, 6.07) is 0. The van der Waals surface area contributed by atoms with Gasteiger partial charge in [-0.3, -0.25) is 14.4 Å². The van der Waals surface area contributed by atoms with Gasteiger partial charge in [0.15, 0.2) is 6.10 Å². The normalized spacial score (nSPS) is 13.0. The summed E-state index contributed by atoms with van der Waals surface area (Å²) in [4.78, 5) is 38.5. The number of hydrogen-bond acceptors (Lipinski definition) is 6. The maximum Gasteiger partial charge on any atom is 0.306 e. The van der Waals surface area contributed by atoms with E-state index in [0.717, 1.165) is 128 Å². The molecular formula is C77H128O6. The maximum atomic E-state index is 13.0. The van der Waals surface area contributed by atoms with Gasteiger partial charge in [0.2, 0.25) is 0 Å². The van der Waals surface area contributed by atoms with E-state index >= 15 is 0 Å². The monoisotopic (exact) mass is 1150 g/mol. The number of allylic oxidation sites excluding steroid dienone is 22. The Morgan fingerprint density at radius 3 is 0.783 bits per heavy atom. The molecule has 83 heavy (non-hydrogen) atoms. The van der Waals surface area contributed by atoms with Crippen LogP contribution in [-0.4, -0.2) is 37.2 Å². The second-order valence-electron chi connectivity index (χ2n) is 22.7. The molecule has 1 unspecified atom stereocenters. The molecule has 0 aliphatic rings. The van der Waals surface area contributed by atoms with Crippen molar-refractivity contribution in [2.24, 2.45) is 0 Å². The molecule has 0 aromatic heterocycles. The van der Waals surface area contributed by atoms with Crippen LogP contribution in [-0.2, 0) is 28.6 Å². The summed E-state index contributed by atoms with van der Waals surface area (Å²) in [7, 11) is 0. The van der Waals surface area contributed by atoms with Gasteiger partial charge < -0.3 is 14.2 Å². The number of rotatable bonds is 62. The molecule has 1 atom stereocenters. The van der Waals surface area contributed by atoms with Crippen molar-refractivity contribution < 1.29 is 28.6 Å². The number of hydrogen-bond donors (Lipinski definition) is 0. The van der Waals surface area contributed by atoms with Gasteiger partial charge in [-0.25, -0.2) is 0 Å². The van der Waals surface area contributed by atoms with Crippen molar-refractivity contribution in [3.05, 3.63) is 134 Å². The lowest BCUT2D eigenvalue weighted by molar-refractivity contribution is -0.167. The Kier molecular flexibility index (Phi) is 66.3. The number of carbonyl (C=O) groups excluding carboxylic acids is 3. The quantitative estimate of drug-likeness (QED) is 0.0261. The van der Waals surface area contributed by atoms with Crippen molar-refractivity contribution in [1.29, 1.82) is 0 Å². The molecule has 0 spiro atoms. The highest BCUT2D eigenvalue weighted by Crippen LogP contribution is 2.17. The van der Waals surface area contributed by atoms with Crippen LogP contribution >= 0.6 is 0 Å². The second-order valence-corrected chi connectivity index (χ2v) is 22.7. The van der Waals surface area contributed by atoms with Gasteiger partial charge in [0.25, 0.3) is 0 Å². The van der Waals surface area contributed by atoms with E-state index < -0.39 is 6.10 Å². The van der Waals surface area contributed by atoms with E-state index in [2.05, 4.69) is 154 Å². The predicted molar refractivity (Wildman–Crippen MR) is 362 cm³/mol. The van der Waals surface area contributed by atoms with Gasteiger partial charge in [0, 0.05) is 19.3 Å². The largest absolute Gasteiger partial charge is 0.462 e. The smallest absolute Gasteiger partial charge is 0.306 e. The minimum absolute atomic E-state index is 0.105. The Morgan fingerprint density at radius 2 is 0.482 bits per heavy atom. The topological polar surface area (TPSA) is 78.9 Å². The molecule has 0 bridgehead atoms. The van der Waals surface area contributed by atoms with Crippen LogP contribution in [0.15, 0.2) is 134 Å². The summed E-state index contributed by atoms with van der Waals surface area (Å²) < 4.78 is 16.9. The summed E-state index contributed by atoms with van der Waals surface area (Å²) in [5.74, 6) is -0.969. The summed E-state index contributed by atoms with van der Waals surface area (Å²) in [5, 5.41) is 0. The summed E-state index contributed by atoms with van der Waals surface area (Å²) >= 11 is 0. The van der Waals surface area contributed by atoms with Gasteiger partial charge in [-0.1, -0.05) is 321 Å². The minimum Gasteiger partial charge on any atom is -0.462 e. The Labute approximate surface area is 513 Å². The summed E-state index contributed by atoms with van der Waals surface area (Å²) in [5.41, 5.74) is 0. The average molecular weight is 1150 g/mol.